The number of anilines is 1. The zero-order valence-corrected chi connectivity index (χ0v) is 15.2. The van der Waals surface area contributed by atoms with E-state index >= 15 is 0 Å². The molecule has 0 aliphatic carbocycles. The average molecular weight is 338 g/mol. The number of nitrogens with one attached hydrogen (secondary N) is 1. The number of aryl methyl sites for hydroxylation is 1. The molecule has 2 aromatic rings. The van der Waals surface area contributed by atoms with E-state index < -0.39 is 0 Å². The molecule has 132 valence electrons. The molecule has 0 bridgehead atoms. The fraction of sp³-hybridized carbons (Fsp3) is 0.450. The second-order valence-electron chi connectivity index (χ2n) is 7.04. The molecule has 1 amide bonds. The molecular formula is C20H26N4O. The molecule has 1 aliphatic rings. The van der Waals surface area contributed by atoms with Crippen LogP contribution < -0.4 is 5.32 Å². The monoisotopic (exact) mass is 338 g/mol. The molecule has 0 unspecified atom stereocenters. The third-order valence-corrected chi connectivity index (χ3v) is 4.50. The first-order chi connectivity index (χ1) is 12.0. The summed E-state index contributed by atoms with van der Waals surface area (Å²) >= 11 is 0. The SMILES string of the molecule is Cc1nc(NCCC(C)C)cc(C(=O)N2CCc3ccccc3C2)n1. The van der Waals surface area contributed by atoms with E-state index in [-0.39, 0.29) is 5.91 Å². The van der Waals surface area contributed by atoms with E-state index in [0.29, 0.717) is 24.0 Å². The summed E-state index contributed by atoms with van der Waals surface area (Å²) in [5.74, 6) is 1.96. The Morgan fingerprint density at radius 1 is 1.24 bits per heavy atom. The quantitative estimate of drug-likeness (QED) is 0.907. The highest BCUT2D eigenvalue weighted by atomic mass is 16.2. The summed E-state index contributed by atoms with van der Waals surface area (Å²) in [7, 11) is 0. The Morgan fingerprint density at radius 3 is 2.76 bits per heavy atom. The van der Waals surface area contributed by atoms with Gasteiger partial charge in [-0.3, -0.25) is 4.79 Å². The van der Waals surface area contributed by atoms with Gasteiger partial charge in [0.05, 0.1) is 0 Å². The Hall–Kier alpha value is -2.43. The van der Waals surface area contributed by atoms with Gasteiger partial charge in [0.25, 0.3) is 5.91 Å². The molecule has 2 heterocycles. The lowest BCUT2D eigenvalue weighted by atomic mass is 10.00. The molecule has 5 nitrogen and oxygen atoms in total. The first-order valence-corrected chi connectivity index (χ1v) is 8.98. The van der Waals surface area contributed by atoms with E-state index in [1.165, 1.54) is 11.1 Å². The first kappa shape index (κ1) is 17.4. The summed E-state index contributed by atoms with van der Waals surface area (Å²) in [5, 5.41) is 3.31. The van der Waals surface area contributed by atoms with Crippen molar-refractivity contribution >= 4 is 11.7 Å². The molecule has 3 rings (SSSR count). The molecule has 0 saturated heterocycles. The summed E-state index contributed by atoms with van der Waals surface area (Å²) in [4.78, 5) is 23.5. The van der Waals surface area contributed by atoms with Gasteiger partial charge in [-0.25, -0.2) is 9.97 Å². The van der Waals surface area contributed by atoms with Crippen LogP contribution in [0.5, 0.6) is 0 Å². The smallest absolute Gasteiger partial charge is 0.272 e. The summed E-state index contributed by atoms with van der Waals surface area (Å²) in [6, 6.07) is 10.1. The van der Waals surface area contributed by atoms with Gasteiger partial charge in [0.1, 0.15) is 17.3 Å². The van der Waals surface area contributed by atoms with Gasteiger partial charge in [0.2, 0.25) is 0 Å². The van der Waals surface area contributed by atoms with E-state index in [4.69, 9.17) is 0 Å². The molecular weight excluding hydrogens is 312 g/mol. The highest BCUT2D eigenvalue weighted by molar-refractivity contribution is 5.93. The minimum Gasteiger partial charge on any atom is -0.370 e. The molecule has 1 aliphatic heterocycles. The number of carbonyl (C=O) groups excluding carboxylic acids is 1. The third kappa shape index (κ3) is 4.35. The summed E-state index contributed by atoms with van der Waals surface area (Å²) in [6.45, 7) is 8.43. The number of hydrogen-bond donors (Lipinski definition) is 1. The maximum absolute atomic E-state index is 12.9. The average Bonchev–Trinajstić information content (AvgIpc) is 2.60. The summed E-state index contributed by atoms with van der Waals surface area (Å²) in [6.07, 6.45) is 1.96. The Balaban J connectivity index is 1.73. The molecule has 0 atom stereocenters. The van der Waals surface area contributed by atoms with Crippen LogP contribution in [0.25, 0.3) is 0 Å². The van der Waals surface area contributed by atoms with Crippen molar-refractivity contribution in [1.82, 2.24) is 14.9 Å². The van der Waals surface area contributed by atoms with Crippen molar-refractivity contribution < 1.29 is 4.79 Å². The lowest BCUT2D eigenvalue weighted by Gasteiger charge is -2.28. The van der Waals surface area contributed by atoms with Gasteiger partial charge in [-0.2, -0.15) is 0 Å². The lowest BCUT2D eigenvalue weighted by Crippen LogP contribution is -2.36. The molecule has 25 heavy (non-hydrogen) atoms. The van der Waals surface area contributed by atoms with E-state index in [0.717, 1.165) is 31.7 Å². The molecule has 5 heteroatoms. The topological polar surface area (TPSA) is 58.1 Å². The second kappa shape index (κ2) is 7.64. The summed E-state index contributed by atoms with van der Waals surface area (Å²) < 4.78 is 0. The Kier molecular flexibility index (Phi) is 5.31. The largest absolute Gasteiger partial charge is 0.370 e. The van der Waals surface area contributed by atoms with Crippen LogP contribution in [0.15, 0.2) is 30.3 Å². The van der Waals surface area contributed by atoms with E-state index in [1.54, 1.807) is 6.07 Å². The number of amides is 1. The van der Waals surface area contributed by atoms with Crippen molar-refractivity contribution in [2.24, 2.45) is 5.92 Å². The zero-order valence-electron chi connectivity index (χ0n) is 15.2. The number of carbonyl (C=O) groups is 1. The molecule has 0 saturated carbocycles. The number of fused-ring (bicyclic) bond motifs is 1. The molecule has 0 spiro atoms. The van der Waals surface area contributed by atoms with Crippen molar-refractivity contribution in [2.45, 2.75) is 40.2 Å². The molecule has 0 radical (unpaired) electrons. The standard InChI is InChI=1S/C20H26N4O/c1-14(2)8-10-21-19-12-18(22-15(3)23-19)20(25)24-11-9-16-6-4-5-7-17(16)13-24/h4-7,12,14H,8-11,13H2,1-3H3,(H,21,22,23). The summed E-state index contributed by atoms with van der Waals surface area (Å²) in [5.41, 5.74) is 3.03. The molecule has 0 fully saturated rings. The number of benzene rings is 1. The van der Waals surface area contributed by atoms with Crippen molar-refractivity contribution in [2.75, 3.05) is 18.4 Å². The van der Waals surface area contributed by atoms with E-state index in [1.807, 2.05) is 17.9 Å². The van der Waals surface area contributed by atoms with Crippen LogP contribution in [0, 0.1) is 12.8 Å². The van der Waals surface area contributed by atoms with Gasteiger partial charge in [-0.15, -0.1) is 0 Å². The molecule has 1 aromatic heterocycles. The highest BCUT2D eigenvalue weighted by Crippen LogP contribution is 2.20. The molecule has 1 N–H and O–H groups in total. The number of nitrogens with zero attached hydrogens (tertiary/aromatic N) is 3. The van der Waals surface area contributed by atoms with Crippen LogP contribution >= 0.6 is 0 Å². The van der Waals surface area contributed by atoms with Gasteiger partial charge in [-0.1, -0.05) is 38.1 Å². The minimum atomic E-state index is -0.0214. The van der Waals surface area contributed by atoms with Gasteiger partial charge in [-0.05, 0) is 36.8 Å². The van der Waals surface area contributed by atoms with Crippen LogP contribution in [0.4, 0.5) is 5.82 Å². The van der Waals surface area contributed by atoms with Gasteiger partial charge in [0, 0.05) is 25.7 Å². The fourth-order valence-electron chi connectivity index (χ4n) is 3.09. The van der Waals surface area contributed by atoms with E-state index in [2.05, 4.69) is 47.3 Å². The second-order valence-corrected chi connectivity index (χ2v) is 7.04. The van der Waals surface area contributed by atoms with Crippen LogP contribution in [-0.2, 0) is 13.0 Å². The van der Waals surface area contributed by atoms with Crippen LogP contribution in [-0.4, -0.2) is 33.9 Å². The first-order valence-electron chi connectivity index (χ1n) is 8.98. The van der Waals surface area contributed by atoms with Crippen molar-refractivity contribution in [1.29, 1.82) is 0 Å². The Bertz CT molecular complexity index is 757. The van der Waals surface area contributed by atoms with Gasteiger partial charge < -0.3 is 10.2 Å². The van der Waals surface area contributed by atoms with Crippen molar-refractivity contribution in [3.05, 3.63) is 53.0 Å². The molecule has 1 aromatic carbocycles. The van der Waals surface area contributed by atoms with Gasteiger partial charge >= 0.3 is 0 Å². The van der Waals surface area contributed by atoms with Crippen LogP contribution in [0.2, 0.25) is 0 Å². The number of aromatic nitrogens is 2. The van der Waals surface area contributed by atoms with Crippen molar-refractivity contribution in [3.8, 4) is 0 Å². The Morgan fingerprint density at radius 2 is 2.00 bits per heavy atom. The fourth-order valence-corrected chi connectivity index (χ4v) is 3.09. The van der Waals surface area contributed by atoms with Crippen molar-refractivity contribution in [3.63, 3.8) is 0 Å². The maximum atomic E-state index is 12.9. The normalized spacial score (nSPS) is 13.7. The number of rotatable bonds is 5. The Labute approximate surface area is 149 Å². The minimum absolute atomic E-state index is 0.0214. The van der Waals surface area contributed by atoms with E-state index in [9.17, 15) is 4.79 Å². The highest BCUT2D eigenvalue weighted by Gasteiger charge is 2.23. The number of hydrogen-bond acceptors (Lipinski definition) is 4. The van der Waals surface area contributed by atoms with Crippen LogP contribution in [0.1, 0.15) is 47.7 Å². The predicted molar refractivity (Wildman–Crippen MR) is 99.6 cm³/mol. The third-order valence-electron chi connectivity index (χ3n) is 4.50. The lowest BCUT2D eigenvalue weighted by molar-refractivity contribution is 0.0728. The zero-order chi connectivity index (χ0) is 17.8. The van der Waals surface area contributed by atoms with Crippen LogP contribution in [0.3, 0.4) is 0 Å². The van der Waals surface area contributed by atoms with Gasteiger partial charge in [0.15, 0.2) is 0 Å². The predicted octanol–water partition coefficient (Wildman–Crippen LogP) is 3.44. The maximum Gasteiger partial charge on any atom is 0.272 e.